The van der Waals surface area contributed by atoms with Crippen molar-refractivity contribution in [1.82, 2.24) is 0 Å². The van der Waals surface area contributed by atoms with Crippen molar-refractivity contribution >= 4 is 43.1 Å². The van der Waals surface area contributed by atoms with E-state index in [2.05, 4.69) is 194 Å². The Morgan fingerprint density at radius 2 is 0.925 bits per heavy atom. The molecule has 0 N–H and O–H groups in total. The fraction of sp³-hybridized carbons (Fsp3) is 0. The lowest BCUT2D eigenvalue weighted by molar-refractivity contribution is 0.487. The van der Waals surface area contributed by atoms with Crippen molar-refractivity contribution in [3.8, 4) is 67.1 Å². The minimum Gasteiger partial charge on any atom is -0.456 e. The largest absolute Gasteiger partial charge is 0.456 e. The van der Waals surface area contributed by atoms with Gasteiger partial charge in [-0.25, -0.2) is 0 Å². The zero-order valence-electron chi connectivity index (χ0n) is 28.9. The van der Waals surface area contributed by atoms with Crippen molar-refractivity contribution in [3.05, 3.63) is 194 Å². The van der Waals surface area contributed by atoms with E-state index in [-0.39, 0.29) is 0 Å². The summed E-state index contributed by atoms with van der Waals surface area (Å²) in [5, 5.41) is 9.88. The van der Waals surface area contributed by atoms with E-state index in [1.807, 2.05) is 0 Å². The van der Waals surface area contributed by atoms with Crippen LogP contribution in [-0.2, 0) is 0 Å². The lowest BCUT2D eigenvalue weighted by Gasteiger charge is -2.24. The van der Waals surface area contributed by atoms with Crippen LogP contribution in [0.1, 0.15) is 0 Å². The second-order valence-corrected chi connectivity index (χ2v) is 14.0. The maximum atomic E-state index is 6.63. The van der Waals surface area contributed by atoms with Gasteiger partial charge in [0.15, 0.2) is 0 Å². The molecule has 0 radical (unpaired) electrons. The van der Waals surface area contributed by atoms with Crippen LogP contribution < -0.4 is 4.74 Å². The molecular weight excluding hydrogens is 641 g/mol. The van der Waals surface area contributed by atoms with Crippen molar-refractivity contribution in [3.63, 3.8) is 0 Å². The minimum atomic E-state index is 0.891. The maximum Gasteiger partial charge on any atom is 0.135 e. The normalized spacial score (nSPS) is 11.9. The number of ether oxygens (including phenoxy) is 1. The Balaban J connectivity index is 1.17. The van der Waals surface area contributed by atoms with Gasteiger partial charge in [-0.3, -0.25) is 0 Å². The molecule has 1 heteroatoms. The first-order chi connectivity index (χ1) is 26.3. The summed E-state index contributed by atoms with van der Waals surface area (Å²) in [6, 6.07) is 70.6. The van der Waals surface area contributed by atoms with Gasteiger partial charge in [-0.2, -0.15) is 0 Å². The summed E-state index contributed by atoms with van der Waals surface area (Å²) in [6.45, 7) is 0. The summed E-state index contributed by atoms with van der Waals surface area (Å²) in [6.07, 6.45) is 0. The summed E-state index contributed by atoms with van der Waals surface area (Å²) in [4.78, 5) is 0. The third-order valence-corrected chi connectivity index (χ3v) is 11.1. The first-order valence-corrected chi connectivity index (χ1v) is 18.3. The van der Waals surface area contributed by atoms with Crippen LogP contribution in [0.3, 0.4) is 0 Å². The Morgan fingerprint density at radius 3 is 1.77 bits per heavy atom. The lowest BCUT2D eigenvalue weighted by Crippen LogP contribution is -1.98. The van der Waals surface area contributed by atoms with E-state index in [9.17, 15) is 0 Å². The molecule has 0 atom stereocenters. The van der Waals surface area contributed by atoms with Gasteiger partial charge in [0.1, 0.15) is 11.5 Å². The molecule has 1 aliphatic heterocycles. The first-order valence-electron chi connectivity index (χ1n) is 18.3. The van der Waals surface area contributed by atoms with Gasteiger partial charge in [-0.1, -0.05) is 164 Å². The molecule has 53 heavy (non-hydrogen) atoms. The third-order valence-electron chi connectivity index (χ3n) is 11.1. The van der Waals surface area contributed by atoms with E-state index in [1.165, 1.54) is 87.8 Å². The molecule has 0 bridgehead atoms. The molecule has 0 aliphatic carbocycles. The number of hydrogen-bond donors (Lipinski definition) is 0. The van der Waals surface area contributed by atoms with E-state index in [1.54, 1.807) is 0 Å². The molecule has 11 rings (SSSR count). The summed E-state index contributed by atoms with van der Waals surface area (Å²) in [5.41, 5.74) is 12.0. The van der Waals surface area contributed by atoms with Gasteiger partial charge in [-0.15, -0.1) is 0 Å². The topological polar surface area (TPSA) is 9.23 Å². The highest BCUT2D eigenvalue weighted by Crippen LogP contribution is 2.51. The maximum absolute atomic E-state index is 6.63. The Labute approximate surface area is 308 Å². The highest BCUT2D eigenvalue weighted by Gasteiger charge is 2.23. The van der Waals surface area contributed by atoms with E-state index in [0.717, 1.165) is 22.4 Å². The fourth-order valence-corrected chi connectivity index (χ4v) is 8.59. The van der Waals surface area contributed by atoms with Crippen molar-refractivity contribution in [2.24, 2.45) is 0 Å². The number of fused-ring (bicyclic) bond motifs is 6. The molecule has 0 aromatic heterocycles. The van der Waals surface area contributed by atoms with Gasteiger partial charge in [-0.05, 0) is 118 Å². The molecule has 10 aromatic carbocycles. The third kappa shape index (κ3) is 4.71. The van der Waals surface area contributed by atoms with Crippen LogP contribution in [0.5, 0.6) is 11.5 Å². The van der Waals surface area contributed by atoms with Crippen LogP contribution in [0.15, 0.2) is 194 Å². The number of rotatable bonds is 4. The van der Waals surface area contributed by atoms with E-state index in [4.69, 9.17) is 4.74 Å². The summed E-state index contributed by atoms with van der Waals surface area (Å²) in [7, 11) is 0. The highest BCUT2D eigenvalue weighted by atomic mass is 16.5. The fourth-order valence-electron chi connectivity index (χ4n) is 8.59. The first kappa shape index (κ1) is 29.7. The molecule has 1 heterocycles. The van der Waals surface area contributed by atoms with Gasteiger partial charge in [0.05, 0.1) is 0 Å². The molecular formula is C52H32O. The Hall–Kier alpha value is -6.96. The van der Waals surface area contributed by atoms with Crippen molar-refractivity contribution in [2.45, 2.75) is 0 Å². The Bertz CT molecular complexity index is 3070. The summed E-state index contributed by atoms with van der Waals surface area (Å²) < 4.78 is 6.63. The van der Waals surface area contributed by atoms with E-state index >= 15 is 0 Å². The second kappa shape index (κ2) is 11.8. The van der Waals surface area contributed by atoms with Gasteiger partial charge in [0, 0.05) is 10.9 Å². The average Bonchev–Trinajstić information content (AvgIpc) is 3.23. The molecule has 1 aliphatic rings. The number of hydrogen-bond acceptors (Lipinski definition) is 1. The van der Waals surface area contributed by atoms with Gasteiger partial charge < -0.3 is 4.74 Å². The predicted octanol–water partition coefficient (Wildman–Crippen LogP) is 14.7. The SMILES string of the molecule is c1ccc(-c2ccc3c(c2)-c2cccc4c(-c5ccc(-c6ccccc6)c(-c6c7ccccc7cc7c6ccc6ccccc67)c5)ccc(c24)O3)cc1. The Morgan fingerprint density at radius 1 is 0.264 bits per heavy atom. The average molecular weight is 673 g/mol. The molecule has 1 nitrogen and oxygen atoms in total. The van der Waals surface area contributed by atoms with Gasteiger partial charge in [0.25, 0.3) is 0 Å². The van der Waals surface area contributed by atoms with Gasteiger partial charge in [0.2, 0.25) is 0 Å². The second-order valence-electron chi connectivity index (χ2n) is 14.0. The van der Waals surface area contributed by atoms with Crippen LogP contribution >= 0.6 is 0 Å². The van der Waals surface area contributed by atoms with Crippen LogP contribution in [0.2, 0.25) is 0 Å². The van der Waals surface area contributed by atoms with Crippen LogP contribution in [0.25, 0.3) is 98.7 Å². The molecule has 0 spiro atoms. The van der Waals surface area contributed by atoms with Crippen LogP contribution in [0, 0.1) is 0 Å². The highest BCUT2D eigenvalue weighted by molar-refractivity contribution is 6.21. The zero-order valence-corrected chi connectivity index (χ0v) is 28.9. The molecule has 246 valence electrons. The van der Waals surface area contributed by atoms with E-state index in [0.29, 0.717) is 0 Å². The molecule has 0 amide bonds. The summed E-state index contributed by atoms with van der Waals surface area (Å²) >= 11 is 0. The molecule has 0 saturated heterocycles. The van der Waals surface area contributed by atoms with Gasteiger partial charge >= 0.3 is 0 Å². The van der Waals surface area contributed by atoms with Crippen LogP contribution in [0.4, 0.5) is 0 Å². The molecule has 0 fully saturated rings. The monoisotopic (exact) mass is 672 g/mol. The lowest BCUT2D eigenvalue weighted by atomic mass is 9.84. The zero-order chi connectivity index (χ0) is 34.9. The van der Waals surface area contributed by atoms with Crippen LogP contribution in [-0.4, -0.2) is 0 Å². The predicted molar refractivity (Wildman–Crippen MR) is 224 cm³/mol. The molecule has 0 saturated carbocycles. The smallest absolute Gasteiger partial charge is 0.135 e. The Kier molecular flexibility index (Phi) is 6.62. The number of benzene rings is 10. The van der Waals surface area contributed by atoms with Crippen molar-refractivity contribution in [1.29, 1.82) is 0 Å². The summed E-state index contributed by atoms with van der Waals surface area (Å²) in [5.74, 6) is 1.79. The molecule has 10 aromatic rings. The standard InChI is InChI=1S/C52H32O/c1-3-12-33(13-4-1)36-24-28-49-47(30-36)44-21-11-20-43-41(27-29-50(53-49)52(43)44)38-23-25-40(34-14-5-2-6-15-34)48(32-38)51-42-19-10-8-17-37(42)31-46-39-18-9-7-16-35(39)22-26-45(46)51/h1-32H. The van der Waals surface area contributed by atoms with E-state index < -0.39 is 0 Å². The quantitative estimate of drug-likeness (QED) is 0.134. The van der Waals surface area contributed by atoms with Crippen molar-refractivity contribution in [2.75, 3.05) is 0 Å². The molecule has 0 unspecified atom stereocenters. The minimum absolute atomic E-state index is 0.891. The van der Waals surface area contributed by atoms with Crippen molar-refractivity contribution < 1.29 is 4.74 Å².